The van der Waals surface area contributed by atoms with E-state index in [-0.39, 0.29) is 11.8 Å². The molecule has 3 nitrogen and oxygen atoms in total. The Morgan fingerprint density at radius 3 is 1.57 bits per heavy atom. The van der Waals surface area contributed by atoms with Gasteiger partial charge in [0.2, 0.25) is 0 Å². The second kappa shape index (κ2) is 16.0. The molecule has 0 aromatic carbocycles. The van der Waals surface area contributed by atoms with Crippen LogP contribution in [0.3, 0.4) is 0 Å². The molecule has 0 saturated carbocycles. The van der Waals surface area contributed by atoms with Crippen molar-refractivity contribution in [2.24, 2.45) is 5.92 Å². The van der Waals surface area contributed by atoms with E-state index in [1.807, 2.05) is 6.92 Å². The molecule has 0 bridgehead atoms. The summed E-state index contributed by atoms with van der Waals surface area (Å²) in [6, 6.07) is 0. The predicted molar refractivity (Wildman–Crippen MR) is 96.5 cm³/mol. The highest BCUT2D eigenvalue weighted by molar-refractivity contribution is 5.97. The monoisotopic (exact) mass is 326 g/mol. The minimum atomic E-state index is -0.563. The molecule has 0 fully saturated rings. The highest BCUT2D eigenvalue weighted by Gasteiger charge is 2.22. The van der Waals surface area contributed by atoms with Gasteiger partial charge in [0.05, 0.1) is 6.61 Å². The van der Waals surface area contributed by atoms with E-state index in [1.54, 1.807) is 0 Å². The Morgan fingerprint density at radius 1 is 0.739 bits per heavy atom. The van der Waals surface area contributed by atoms with E-state index in [2.05, 4.69) is 6.92 Å². The van der Waals surface area contributed by atoms with E-state index in [0.717, 1.165) is 12.8 Å². The number of hydrogen-bond donors (Lipinski definition) is 0. The normalized spacial score (nSPS) is 12.1. The Morgan fingerprint density at radius 2 is 1.17 bits per heavy atom. The molecule has 0 aromatic heterocycles. The summed E-state index contributed by atoms with van der Waals surface area (Å²) in [7, 11) is 0. The lowest BCUT2D eigenvalue weighted by atomic mass is 10.0. The van der Waals surface area contributed by atoms with Gasteiger partial charge in [0, 0.05) is 0 Å². The molecule has 0 amide bonds. The quantitative estimate of drug-likeness (QED) is 0.203. The summed E-state index contributed by atoms with van der Waals surface area (Å²) in [6.45, 7) is 6.02. The van der Waals surface area contributed by atoms with Crippen molar-refractivity contribution in [3.8, 4) is 0 Å². The standard InChI is InChI=1S/C20H38O3/c1-4-6-7-8-9-10-11-12-13-14-15-16-17-23-20(22)19(5-2)18(3)21/h19H,4-17H2,1-3H3. The molecule has 0 rings (SSSR count). The van der Waals surface area contributed by atoms with Crippen LogP contribution < -0.4 is 0 Å². The fraction of sp³-hybridized carbons (Fsp3) is 0.900. The van der Waals surface area contributed by atoms with Crippen LogP contribution >= 0.6 is 0 Å². The Kier molecular flexibility index (Phi) is 15.4. The largest absolute Gasteiger partial charge is 0.465 e. The van der Waals surface area contributed by atoms with Crippen molar-refractivity contribution in [1.29, 1.82) is 0 Å². The number of ether oxygens (including phenoxy) is 1. The van der Waals surface area contributed by atoms with Gasteiger partial charge in [-0.15, -0.1) is 0 Å². The molecule has 0 aliphatic heterocycles. The molecule has 0 aliphatic rings. The van der Waals surface area contributed by atoms with Crippen molar-refractivity contribution < 1.29 is 14.3 Å². The van der Waals surface area contributed by atoms with Gasteiger partial charge in [0.1, 0.15) is 11.7 Å². The lowest BCUT2D eigenvalue weighted by Crippen LogP contribution is -2.23. The van der Waals surface area contributed by atoms with Crippen molar-refractivity contribution in [3.63, 3.8) is 0 Å². The van der Waals surface area contributed by atoms with Gasteiger partial charge < -0.3 is 4.74 Å². The molecule has 3 heteroatoms. The molecule has 0 N–H and O–H groups in total. The van der Waals surface area contributed by atoms with Crippen LogP contribution in [-0.2, 0) is 14.3 Å². The van der Waals surface area contributed by atoms with E-state index in [4.69, 9.17) is 4.74 Å². The summed E-state index contributed by atoms with van der Waals surface area (Å²) in [4.78, 5) is 22.9. The first-order valence-corrected chi connectivity index (χ1v) is 9.80. The predicted octanol–water partition coefficient (Wildman–Crippen LogP) is 5.85. The Balaban J connectivity index is 3.30. The van der Waals surface area contributed by atoms with Crippen LogP contribution in [0.1, 0.15) is 104 Å². The van der Waals surface area contributed by atoms with Crippen LogP contribution in [0.2, 0.25) is 0 Å². The number of carbonyl (C=O) groups excluding carboxylic acids is 2. The second-order valence-corrected chi connectivity index (χ2v) is 6.63. The van der Waals surface area contributed by atoms with Crippen molar-refractivity contribution >= 4 is 11.8 Å². The average molecular weight is 327 g/mol. The summed E-state index contributed by atoms with van der Waals surface area (Å²) < 4.78 is 5.19. The van der Waals surface area contributed by atoms with Crippen LogP contribution in [-0.4, -0.2) is 18.4 Å². The number of carbonyl (C=O) groups is 2. The van der Waals surface area contributed by atoms with Gasteiger partial charge in [0.15, 0.2) is 0 Å². The van der Waals surface area contributed by atoms with E-state index in [0.29, 0.717) is 13.0 Å². The van der Waals surface area contributed by atoms with Gasteiger partial charge in [-0.05, 0) is 19.8 Å². The Bertz CT molecular complexity index is 299. The Labute approximate surface area is 143 Å². The van der Waals surface area contributed by atoms with Gasteiger partial charge >= 0.3 is 5.97 Å². The maximum atomic E-state index is 11.7. The number of esters is 1. The van der Waals surface area contributed by atoms with Gasteiger partial charge in [-0.2, -0.15) is 0 Å². The SMILES string of the molecule is CCCCCCCCCCCCCCOC(=O)C(CC)C(C)=O. The summed E-state index contributed by atoms with van der Waals surface area (Å²) in [6.07, 6.45) is 16.0. The highest BCUT2D eigenvalue weighted by atomic mass is 16.5. The smallest absolute Gasteiger partial charge is 0.316 e. The van der Waals surface area contributed by atoms with Crippen LogP contribution in [0.4, 0.5) is 0 Å². The van der Waals surface area contributed by atoms with Gasteiger partial charge in [0.25, 0.3) is 0 Å². The summed E-state index contributed by atoms with van der Waals surface area (Å²) >= 11 is 0. The molecule has 136 valence electrons. The number of unbranched alkanes of at least 4 members (excludes halogenated alkanes) is 11. The molecule has 23 heavy (non-hydrogen) atoms. The van der Waals surface area contributed by atoms with Crippen molar-refractivity contribution in [3.05, 3.63) is 0 Å². The van der Waals surface area contributed by atoms with Crippen molar-refractivity contribution in [1.82, 2.24) is 0 Å². The highest BCUT2D eigenvalue weighted by Crippen LogP contribution is 2.12. The zero-order valence-electron chi connectivity index (χ0n) is 15.7. The number of rotatable bonds is 16. The second-order valence-electron chi connectivity index (χ2n) is 6.63. The van der Waals surface area contributed by atoms with E-state index < -0.39 is 5.92 Å². The van der Waals surface area contributed by atoms with Crippen molar-refractivity contribution in [2.75, 3.05) is 6.61 Å². The molecule has 0 spiro atoms. The minimum Gasteiger partial charge on any atom is -0.465 e. The van der Waals surface area contributed by atoms with Crippen LogP contribution in [0.25, 0.3) is 0 Å². The molecule has 0 heterocycles. The maximum absolute atomic E-state index is 11.7. The third-order valence-electron chi connectivity index (χ3n) is 4.43. The molecular formula is C20H38O3. The fourth-order valence-electron chi connectivity index (χ4n) is 2.84. The molecular weight excluding hydrogens is 288 g/mol. The summed E-state index contributed by atoms with van der Waals surface area (Å²) in [5.74, 6) is -0.998. The molecule has 1 atom stereocenters. The lowest BCUT2D eigenvalue weighted by molar-refractivity contribution is -0.151. The van der Waals surface area contributed by atoms with E-state index in [1.165, 1.54) is 71.1 Å². The molecule has 0 aliphatic carbocycles. The fourth-order valence-corrected chi connectivity index (χ4v) is 2.84. The first-order valence-electron chi connectivity index (χ1n) is 9.80. The van der Waals surface area contributed by atoms with E-state index in [9.17, 15) is 9.59 Å². The summed E-state index contributed by atoms with van der Waals surface area (Å²) in [5, 5.41) is 0. The minimum absolute atomic E-state index is 0.0906. The van der Waals surface area contributed by atoms with E-state index >= 15 is 0 Å². The third kappa shape index (κ3) is 13.3. The molecule has 0 radical (unpaired) electrons. The zero-order valence-corrected chi connectivity index (χ0v) is 15.7. The van der Waals surface area contributed by atoms with Gasteiger partial charge in [-0.1, -0.05) is 84.5 Å². The summed E-state index contributed by atoms with van der Waals surface area (Å²) in [5.41, 5.74) is 0. The first-order chi connectivity index (χ1) is 11.1. The number of ketones is 1. The third-order valence-corrected chi connectivity index (χ3v) is 4.43. The van der Waals surface area contributed by atoms with Crippen LogP contribution in [0, 0.1) is 5.92 Å². The number of hydrogen-bond acceptors (Lipinski definition) is 3. The van der Waals surface area contributed by atoms with Gasteiger partial charge in [-0.3, -0.25) is 9.59 Å². The first kappa shape index (κ1) is 22.1. The topological polar surface area (TPSA) is 43.4 Å². The van der Waals surface area contributed by atoms with Gasteiger partial charge in [-0.25, -0.2) is 0 Å². The van der Waals surface area contributed by atoms with Crippen molar-refractivity contribution in [2.45, 2.75) is 104 Å². The lowest BCUT2D eigenvalue weighted by Gasteiger charge is -2.10. The molecule has 1 unspecified atom stereocenters. The maximum Gasteiger partial charge on any atom is 0.316 e. The molecule has 0 aromatic rings. The zero-order chi connectivity index (χ0) is 17.3. The Hall–Kier alpha value is -0.860. The van der Waals surface area contributed by atoms with Crippen LogP contribution in [0.5, 0.6) is 0 Å². The average Bonchev–Trinajstić information content (AvgIpc) is 2.52. The molecule has 0 saturated heterocycles. The van der Waals surface area contributed by atoms with Crippen LogP contribution in [0.15, 0.2) is 0 Å². The number of Topliss-reactive ketones (excluding diaryl/α,β-unsaturated/α-hetero) is 1.